The molecule has 0 aliphatic heterocycles. The van der Waals surface area contributed by atoms with E-state index in [9.17, 15) is 4.79 Å². The van der Waals surface area contributed by atoms with Crippen molar-refractivity contribution in [3.8, 4) is 11.5 Å². The fraction of sp³-hybridized carbons (Fsp3) is 0.368. The lowest BCUT2D eigenvalue weighted by Gasteiger charge is -2.11. The zero-order chi connectivity index (χ0) is 18.8. The molecular formula is C19H26N4O3. The van der Waals surface area contributed by atoms with Crippen LogP contribution in [0, 0.1) is 0 Å². The van der Waals surface area contributed by atoms with Crippen LogP contribution >= 0.6 is 0 Å². The Kier molecular flexibility index (Phi) is 7.70. The summed E-state index contributed by atoms with van der Waals surface area (Å²) >= 11 is 0. The number of ether oxygens (including phenoxy) is 2. The van der Waals surface area contributed by atoms with E-state index in [4.69, 9.17) is 9.47 Å². The van der Waals surface area contributed by atoms with Crippen molar-refractivity contribution in [3.05, 3.63) is 48.3 Å². The zero-order valence-electron chi connectivity index (χ0n) is 15.5. The van der Waals surface area contributed by atoms with Crippen LogP contribution < -0.4 is 20.1 Å². The fourth-order valence-corrected chi connectivity index (χ4v) is 2.15. The van der Waals surface area contributed by atoms with Gasteiger partial charge in [0.1, 0.15) is 23.8 Å². The molecule has 0 fully saturated rings. The van der Waals surface area contributed by atoms with Gasteiger partial charge >= 0.3 is 0 Å². The highest BCUT2D eigenvalue weighted by Crippen LogP contribution is 2.16. The molecule has 1 heterocycles. The third-order valence-electron chi connectivity index (χ3n) is 3.60. The highest BCUT2D eigenvalue weighted by molar-refractivity contribution is 5.92. The van der Waals surface area contributed by atoms with Crippen molar-refractivity contribution in [2.24, 2.45) is 0 Å². The van der Waals surface area contributed by atoms with Gasteiger partial charge in [0.2, 0.25) is 0 Å². The van der Waals surface area contributed by atoms with Crippen LogP contribution in [0.25, 0.3) is 0 Å². The maximum Gasteiger partial charge on any atom is 0.269 e. The van der Waals surface area contributed by atoms with Crippen LogP contribution in [0.2, 0.25) is 0 Å². The summed E-state index contributed by atoms with van der Waals surface area (Å²) in [5, 5.41) is 6.05. The van der Waals surface area contributed by atoms with Crippen molar-refractivity contribution in [3.63, 3.8) is 0 Å². The molecular weight excluding hydrogens is 332 g/mol. The van der Waals surface area contributed by atoms with Crippen molar-refractivity contribution < 1.29 is 14.3 Å². The topological polar surface area (TPSA) is 75.7 Å². The minimum absolute atomic E-state index is 0.219. The van der Waals surface area contributed by atoms with E-state index >= 15 is 0 Å². The van der Waals surface area contributed by atoms with Crippen LogP contribution in [0.15, 0.2) is 42.6 Å². The normalized spacial score (nSPS) is 10.5. The molecule has 0 unspecified atom stereocenters. The molecule has 0 saturated heterocycles. The largest absolute Gasteiger partial charge is 0.497 e. The Bertz CT molecular complexity index is 672. The van der Waals surface area contributed by atoms with Gasteiger partial charge in [-0.25, -0.2) is 4.98 Å². The number of pyridine rings is 1. The molecule has 7 nitrogen and oxygen atoms in total. The maximum absolute atomic E-state index is 12.1. The van der Waals surface area contributed by atoms with E-state index in [0.29, 0.717) is 18.8 Å². The molecule has 2 aromatic rings. The van der Waals surface area contributed by atoms with Crippen LogP contribution in [0.1, 0.15) is 10.5 Å². The van der Waals surface area contributed by atoms with Crippen LogP contribution in [-0.2, 0) is 0 Å². The molecule has 0 radical (unpaired) electrons. The first kappa shape index (κ1) is 19.5. The highest BCUT2D eigenvalue weighted by Gasteiger charge is 2.06. The molecule has 1 amide bonds. The van der Waals surface area contributed by atoms with E-state index in [1.807, 2.05) is 44.4 Å². The summed E-state index contributed by atoms with van der Waals surface area (Å²) in [5.41, 5.74) is 1.28. The van der Waals surface area contributed by atoms with E-state index in [1.165, 1.54) is 0 Å². The number of amides is 1. The standard InChI is InChI=1S/C19H26N4O3/c1-23(2)12-10-20-15-4-9-18(22-14-15)19(24)21-11-13-26-17-7-5-16(25-3)6-8-17/h4-9,14,20H,10-13H2,1-3H3,(H,21,24). The van der Waals surface area contributed by atoms with Gasteiger partial charge in [-0.15, -0.1) is 0 Å². The van der Waals surface area contributed by atoms with E-state index in [0.717, 1.165) is 30.3 Å². The summed E-state index contributed by atoms with van der Waals surface area (Å²) in [5.74, 6) is 1.28. The molecule has 1 aromatic carbocycles. The number of benzene rings is 1. The molecule has 0 aliphatic carbocycles. The molecule has 0 bridgehead atoms. The SMILES string of the molecule is COc1ccc(OCCNC(=O)c2ccc(NCCN(C)C)cn2)cc1. The summed E-state index contributed by atoms with van der Waals surface area (Å²) in [6.07, 6.45) is 1.67. The number of hydrogen-bond acceptors (Lipinski definition) is 6. The Morgan fingerprint density at radius 2 is 1.81 bits per heavy atom. The smallest absolute Gasteiger partial charge is 0.269 e. The molecule has 7 heteroatoms. The highest BCUT2D eigenvalue weighted by atomic mass is 16.5. The number of carbonyl (C=O) groups excluding carboxylic acids is 1. The molecule has 0 aliphatic rings. The lowest BCUT2D eigenvalue weighted by molar-refractivity contribution is 0.0942. The van der Waals surface area contributed by atoms with Crippen molar-refractivity contribution in [1.29, 1.82) is 0 Å². The summed E-state index contributed by atoms with van der Waals surface area (Å²) in [6.45, 7) is 2.52. The van der Waals surface area contributed by atoms with Crippen molar-refractivity contribution in [2.75, 3.05) is 52.8 Å². The third-order valence-corrected chi connectivity index (χ3v) is 3.60. The minimum atomic E-state index is -0.219. The van der Waals surface area contributed by atoms with Gasteiger partial charge in [0.05, 0.1) is 25.5 Å². The molecule has 26 heavy (non-hydrogen) atoms. The second kappa shape index (κ2) is 10.2. The number of nitrogens with zero attached hydrogens (tertiary/aromatic N) is 2. The lowest BCUT2D eigenvalue weighted by atomic mass is 10.3. The molecule has 0 spiro atoms. The van der Waals surface area contributed by atoms with Crippen LogP contribution in [0.4, 0.5) is 5.69 Å². The summed E-state index contributed by atoms with van der Waals surface area (Å²) in [6, 6.07) is 10.9. The van der Waals surface area contributed by atoms with Gasteiger partial charge in [0.25, 0.3) is 5.91 Å². The number of likely N-dealkylation sites (N-methyl/N-ethyl adjacent to an activating group) is 1. The zero-order valence-corrected chi connectivity index (χ0v) is 15.5. The van der Waals surface area contributed by atoms with E-state index < -0.39 is 0 Å². The Morgan fingerprint density at radius 3 is 2.42 bits per heavy atom. The lowest BCUT2D eigenvalue weighted by Crippen LogP contribution is -2.28. The van der Waals surface area contributed by atoms with Crippen LogP contribution in [0.5, 0.6) is 11.5 Å². The Labute approximate surface area is 154 Å². The molecule has 1 aromatic heterocycles. The maximum atomic E-state index is 12.1. The van der Waals surface area contributed by atoms with Gasteiger partial charge in [-0.05, 0) is 50.5 Å². The number of aromatic nitrogens is 1. The number of carbonyl (C=O) groups is 1. The second-order valence-electron chi connectivity index (χ2n) is 5.94. The van der Waals surface area contributed by atoms with Gasteiger partial charge in [0.15, 0.2) is 0 Å². The van der Waals surface area contributed by atoms with Gasteiger partial charge in [-0.1, -0.05) is 0 Å². The fourth-order valence-electron chi connectivity index (χ4n) is 2.15. The van der Waals surface area contributed by atoms with Crippen molar-refractivity contribution in [1.82, 2.24) is 15.2 Å². The van der Waals surface area contributed by atoms with Crippen LogP contribution in [-0.4, -0.2) is 63.2 Å². The first-order valence-electron chi connectivity index (χ1n) is 8.48. The van der Waals surface area contributed by atoms with Gasteiger partial charge in [-0.3, -0.25) is 4.79 Å². The molecule has 140 valence electrons. The van der Waals surface area contributed by atoms with E-state index in [1.54, 1.807) is 19.4 Å². The Hall–Kier alpha value is -2.80. The summed E-state index contributed by atoms with van der Waals surface area (Å²) in [4.78, 5) is 18.4. The number of rotatable bonds is 10. The Balaban J connectivity index is 1.70. The van der Waals surface area contributed by atoms with Gasteiger partial charge in [0, 0.05) is 13.1 Å². The average molecular weight is 358 g/mol. The van der Waals surface area contributed by atoms with E-state index in [2.05, 4.69) is 20.5 Å². The predicted octanol–water partition coefficient (Wildman–Crippen LogP) is 1.87. The van der Waals surface area contributed by atoms with Gasteiger partial charge in [-0.2, -0.15) is 0 Å². The number of hydrogen-bond donors (Lipinski definition) is 2. The number of anilines is 1. The van der Waals surface area contributed by atoms with Gasteiger partial charge < -0.3 is 25.0 Å². The van der Waals surface area contributed by atoms with E-state index in [-0.39, 0.29) is 5.91 Å². The third kappa shape index (κ3) is 6.60. The molecule has 2 N–H and O–H groups in total. The average Bonchev–Trinajstić information content (AvgIpc) is 2.66. The summed E-state index contributed by atoms with van der Waals surface area (Å²) < 4.78 is 10.7. The van der Waals surface area contributed by atoms with Crippen molar-refractivity contribution in [2.45, 2.75) is 0 Å². The molecule has 2 rings (SSSR count). The molecule has 0 atom stereocenters. The Morgan fingerprint density at radius 1 is 1.08 bits per heavy atom. The summed E-state index contributed by atoms with van der Waals surface area (Å²) in [7, 11) is 5.66. The molecule has 0 saturated carbocycles. The predicted molar refractivity (Wildman–Crippen MR) is 102 cm³/mol. The van der Waals surface area contributed by atoms with Crippen LogP contribution in [0.3, 0.4) is 0 Å². The number of nitrogens with one attached hydrogen (secondary N) is 2. The number of methoxy groups -OCH3 is 1. The first-order chi connectivity index (χ1) is 12.6. The first-order valence-corrected chi connectivity index (χ1v) is 8.48. The monoisotopic (exact) mass is 358 g/mol. The minimum Gasteiger partial charge on any atom is -0.497 e. The quantitative estimate of drug-likeness (QED) is 0.632. The van der Waals surface area contributed by atoms with Crippen molar-refractivity contribution >= 4 is 11.6 Å². The second-order valence-corrected chi connectivity index (χ2v) is 5.94.